The molecule has 0 spiro atoms. The molecule has 0 unspecified atom stereocenters. The third-order valence-electron chi connectivity index (χ3n) is 5.47. The molecule has 2 aliphatic heterocycles. The van der Waals surface area contributed by atoms with Crippen LogP contribution in [0, 0.1) is 6.92 Å². The number of piperazine rings is 1. The fourth-order valence-electron chi connectivity index (χ4n) is 3.99. The average Bonchev–Trinajstić information content (AvgIpc) is 3.23. The summed E-state index contributed by atoms with van der Waals surface area (Å²) in [5.41, 5.74) is 1.16. The van der Waals surface area contributed by atoms with Crippen molar-refractivity contribution in [3.8, 4) is 0 Å². The molecule has 2 amide bonds. The molecule has 0 aromatic carbocycles. The lowest BCUT2D eigenvalue weighted by Crippen LogP contribution is -2.55. The van der Waals surface area contributed by atoms with Crippen molar-refractivity contribution in [3.63, 3.8) is 0 Å². The first-order chi connectivity index (χ1) is 12.0. The number of hydrogen-bond donors (Lipinski definition) is 0. The highest BCUT2D eigenvalue weighted by Gasteiger charge is 2.35. The normalized spacial score (nSPS) is 23.1. The highest BCUT2D eigenvalue weighted by atomic mass is 16.2. The van der Waals surface area contributed by atoms with Gasteiger partial charge in [-0.15, -0.1) is 0 Å². The number of nitrogens with zero attached hydrogens (tertiary/aromatic N) is 5. The van der Waals surface area contributed by atoms with Crippen LogP contribution >= 0.6 is 0 Å². The molecule has 7 nitrogen and oxygen atoms in total. The van der Waals surface area contributed by atoms with Gasteiger partial charge in [0.15, 0.2) is 0 Å². The largest absolute Gasteiger partial charge is 0.339 e. The minimum Gasteiger partial charge on any atom is -0.339 e. The number of rotatable bonds is 4. The fraction of sp³-hybridized carbons (Fsp3) is 0.722. The zero-order valence-electron chi connectivity index (χ0n) is 15.5. The highest BCUT2D eigenvalue weighted by molar-refractivity contribution is 5.82. The van der Waals surface area contributed by atoms with Crippen molar-refractivity contribution >= 4 is 11.8 Å². The minimum atomic E-state index is -0.118. The molecule has 1 aromatic rings. The van der Waals surface area contributed by atoms with E-state index in [4.69, 9.17) is 0 Å². The minimum absolute atomic E-state index is 0.0919. The van der Waals surface area contributed by atoms with Gasteiger partial charge in [0.25, 0.3) is 0 Å². The molecule has 2 aliphatic rings. The zero-order valence-corrected chi connectivity index (χ0v) is 15.5. The number of carbonyl (C=O) groups excluding carboxylic acids is 2. The molecule has 25 heavy (non-hydrogen) atoms. The average molecular weight is 347 g/mol. The monoisotopic (exact) mass is 347 g/mol. The molecule has 138 valence electrons. The van der Waals surface area contributed by atoms with Gasteiger partial charge in [0.05, 0.1) is 18.8 Å². The summed E-state index contributed by atoms with van der Waals surface area (Å²) in [6.45, 7) is 10.0. The maximum Gasteiger partial charge on any atom is 0.239 e. The quantitative estimate of drug-likeness (QED) is 0.806. The summed E-state index contributed by atoms with van der Waals surface area (Å²) < 4.78 is 1.99. The first-order valence-electron chi connectivity index (χ1n) is 9.25. The molecule has 7 heteroatoms. The van der Waals surface area contributed by atoms with Gasteiger partial charge in [0.1, 0.15) is 0 Å². The van der Waals surface area contributed by atoms with E-state index >= 15 is 0 Å². The van der Waals surface area contributed by atoms with Crippen LogP contribution in [0.15, 0.2) is 12.4 Å². The van der Waals surface area contributed by atoms with Crippen LogP contribution in [0.1, 0.15) is 32.3 Å². The topological polar surface area (TPSA) is 61.7 Å². The summed E-state index contributed by atoms with van der Waals surface area (Å²) in [6.07, 6.45) is 6.17. The van der Waals surface area contributed by atoms with Crippen molar-refractivity contribution in [2.45, 2.75) is 52.2 Å². The Morgan fingerprint density at radius 3 is 2.48 bits per heavy atom. The van der Waals surface area contributed by atoms with Crippen LogP contribution < -0.4 is 0 Å². The SMILES string of the molecule is CC(=O)N1CCN(C(=O)[C@@H](C)N2CCC[C@H]2Cn2cc(C)cn2)CC1. The number of aromatic nitrogens is 2. The number of amides is 2. The Morgan fingerprint density at radius 2 is 1.88 bits per heavy atom. The van der Waals surface area contributed by atoms with Crippen LogP contribution in [0.3, 0.4) is 0 Å². The van der Waals surface area contributed by atoms with Gasteiger partial charge in [-0.1, -0.05) is 0 Å². The fourth-order valence-corrected chi connectivity index (χ4v) is 3.99. The van der Waals surface area contributed by atoms with Gasteiger partial charge in [0, 0.05) is 45.3 Å². The van der Waals surface area contributed by atoms with Crippen LogP contribution in [0.5, 0.6) is 0 Å². The van der Waals surface area contributed by atoms with Gasteiger partial charge >= 0.3 is 0 Å². The number of carbonyl (C=O) groups is 2. The second-order valence-corrected chi connectivity index (χ2v) is 7.28. The molecule has 0 aliphatic carbocycles. The van der Waals surface area contributed by atoms with Gasteiger partial charge < -0.3 is 9.80 Å². The van der Waals surface area contributed by atoms with Gasteiger partial charge in [-0.05, 0) is 38.8 Å². The maximum atomic E-state index is 12.9. The Bertz CT molecular complexity index is 621. The van der Waals surface area contributed by atoms with E-state index in [1.807, 2.05) is 34.5 Å². The summed E-state index contributed by atoms with van der Waals surface area (Å²) in [5, 5.41) is 4.39. The molecule has 0 bridgehead atoms. The van der Waals surface area contributed by atoms with Gasteiger partial charge in [-0.3, -0.25) is 19.2 Å². The maximum absolute atomic E-state index is 12.9. The van der Waals surface area contributed by atoms with Crippen LogP contribution in [0.25, 0.3) is 0 Å². The first-order valence-corrected chi connectivity index (χ1v) is 9.25. The Kier molecular flexibility index (Phi) is 5.42. The lowest BCUT2D eigenvalue weighted by molar-refractivity contribution is -0.142. The molecule has 0 radical (unpaired) electrons. The Labute approximate surface area is 149 Å². The lowest BCUT2D eigenvalue weighted by atomic mass is 10.1. The molecular formula is C18H29N5O2. The molecule has 3 heterocycles. The molecule has 3 rings (SSSR count). The van der Waals surface area contributed by atoms with Crippen molar-refractivity contribution in [2.24, 2.45) is 0 Å². The Morgan fingerprint density at radius 1 is 1.20 bits per heavy atom. The van der Waals surface area contributed by atoms with Crippen LogP contribution in [-0.4, -0.2) is 81.1 Å². The van der Waals surface area contributed by atoms with E-state index in [1.54, 1.807) is 6.92 Å². The molecule has 2 fully saturated rings. The van der Waals surface area contributed by atoms with Crippen LogP contribution in [-0.2, 0) is 16.1 Å². The summed E-state index contributed by atoms with van der Waals surface area (Å²) >= 11 is 0. The predicted octanol–water partition coefficient (Wildman–Crippen LogP) is 0.735. The zero-order chi connectivity index (χ0) is 18.0. The number of hydrogen-bond acceptors (Lipinski definition) is 4. The van der Waals surface area contributed by atoms with Crippen molar-refractivity contribution in [1.29, 1.82) is 0 Å². The summed E-state index contributed by atoms with van der Waals surface area (Å²) in [6, 6.07) is 0.241. The standard InChI is InChI=1S/C18H29N5O2/c1-14-11-19-22(12-14)13-17-5-4-6-23(17)15(2)18(25)21-9-7-20(8-10-21)16(3)24/h11-12,15,17H,4-10,13H2,1-3H3/t15-,17+/m1/s1. The second-order valence-electron chi connectivity index (χ2n) is 7.28. The Hall–Kier alpha value is -1.89. The van der Waals surface area contributed by atoms with Crippen molar-refractivity contribution in [2.75, 3.05) is 32.7 Å². The third kappa shape index (κ3) is 4.03. The van der Waals surface area contributed by atoms with E-state index in [-0.39, 0.29) is 17.9 Å². The molecule has 2 saturated heterocycles. The number of likely N-dealkylation sites (tertiary alicyclic amines) is 1. The summed E-state index contributed by atoms with van der Waals surface area (Å²) in [5.74, 6) is 0.279. The third-order valence-corrected chi connectivity index (χ3v) is 5.47. The van der Waals surface area contributed by atoms with E-state index in [0.717, 1.165) is 31.5 Å². The Balaban J connectivity index is 1.58. The molecule has 0 N–H and O–H groups in total. The van der Waals surface area contributed by atoms with Gasteiger partial charge in [-0.2, -0.15) is 5.10 Å². The van der Waals surface area contributed by atoms with Crippen molar-refractivity contribution in [1.82, 2.24) is 24.5 Å². The van der Waals surface area contributed by atoms with E-state index in [2.05, 4.69) is 16.2 Å². The van der Waals surface area contributed by atoms with Crippen LogP contribution in [0.4, 0.5) is 0 Å². The number of aryl methyl sites for hydroxylation is 1. The van der Waals surface area contributed by atoms with Crippen LogP contribution in [0.2, 0.25) is 0 Å². The van der Waals surface area contributed by atoms with E-state index < -0.39 is 0 Å². The molecule has 1 aromatic heterocycles. The second kappa shape index (κ2) is 7.56. The molecular weight excluding hydrogens is 318 g/mol. The van der Waals surface area contributed by atoms with E-state index in [9.17, 15) is 9.59 Å². The first kappa shape index (κ1) is 17.9. The van der Waals surface area contributed by atoms with Gasteiger partial charge in [0.2, 0.25) is 11.8 Å². The predicted molar refractivity (Wildman–Crippen MR) is 95.0 cm³/mol. The lowest BCUT2D eigenvalue weighted by Gasteiger charge is -2.38. The van der Waals surface area contributed by atoms with Crippen molar-refractivity contribution in [3.05, 3.63) is 18.0 Å². The van der Waals surface area contributed by atoms with Gasteiger partial charge in [-0.25, -0.2) is 0 Å². The highest BCUT2D eigenvalue weighted by Crippen LogP contribution is 2.23. The van der Waals surface area contributed by atoms with E-state index in [1.165, 1.54) is 0 Å². The molecule has 0 saturated carbocycles. The van der Waals surface area contributed by atoms with Crippen molar-refractivity contribution < 1.29 is 9.59 Å². The summed E-state index contributed by atoms with van der Waals surface area (Å²) in [4.78, 5) is 30.4. The van der Waals surface area contributed by atoms with E-state index in [0.29, 0.717) is 32.2 Å². The summed E-state index contributed by atoms with van der Waals surface area (Å²) in [7, 11) is 0. The molecule has 2 atom stereocenters. The smallest absolute Gasteiger partial charge is 0.239 e.